The average molecular weight is 231 g/mol. The molecule has 0 unspecified atom stereocenters. The third-order valence-electron chi connectivity index (χ3n) is 2.39. The average Bonchev–Trinajstić information content (AvgIpc) is 2.33. The first-order chi connectivity index (χ1) is 8.15. The van der Waals surface area contributed by atoms with Crippen molar-refractivity contribution in [2.45, 2.75) is 6.92 Å². The van der Waals surface area contributed by atoms with Gasteiger partial charge in [0.15, 0.2) is 0 Å². The molecule has 0 saturated carbocycles. The normalized spacial score (nSPS) is 11.6. The fourth-order valence-corrected chi connectivity index (χ4v) is 1.46. The number of halogens is 2. The zero-order chi connectivity index (χ0) is 12.3. The molecule has 0 aliphatic rings. The third-order valence-corrected chi connectivity index (χ3v) is 2.39. The Hall–Kier alpha value is -2.03. The van der Waals surface area contributed by atoms with Crippen LogP contribution in [0.15, 0.2) is 53.5 Å². The molecule has 0 fully saturated rings. The number of aliphatic imine (C=N–C) groups is 1. The summed E-state index contributed by atoms with van der Waals surface area (Å²) in [5.74, 6) is -0.563. The van der Waals surface area contributed by atoms with Crippen LogP contribution in [0.1, 0.15) is 12.5 Å². The van der Waals surface area contributed by atoms with Gasteiger partial charge in [-0.25, -0.2) is 8.78 Å². The van der Waals surface area contributed by atoms with Crippen molar-refractivity contribution in [2.75, 3.05) is 0 Å². The monoisotopic (exact) mass is 231 g/mol. The number of nitrogens with zero attached hydrogens (tertiary/aromatic N) is 1. The molecule has 2 aromatic carbocycles. The minimum Gasteiger partial charge on any atom is -0.253 e. The van der Waals surface area contributed by atoms with E-state index in [0.717, 1.165) is 11.3 Å². The molecule has 3 heteroatoms. The highest BCUT2D eigenvalue weighted by atomic mass is 19.1. The number of rotatable bonds is 2. The Morgan fingerprint density at radius 3 is 1.82 bits per heavy atom. The molecule has 0 saturated heterocycles. The van der Waals surface area contributed by atoms with Gasteiger partial charge in [-0.3, -0.25) is 4.99 Å². The first-order valence-corrected chi connectivity index (χ1v) is 5.22. The highest BCUT2D eigenvalue weighted by molar-refractivity contribution is 6.00. The van der Waals surface area contributed by atoms with Gasteiger partial charge in [-0.05, 0) is 48.9 Å². The molecule has 17 heavy (non-hydrogen) atoms. The van der Waals surface area contributed by atoms with Crippen LogP contribution in [0.3, 0.4) is 0 Å². The van der Waals surface area contributed by atoms with Gasteiger partial charge in [0, 0.05) is 5.71 Å². The molecule has 0 aliphatic heterocycles. The van der Waals surface area contributed by atoms with Crippen molar-refractivity contribution >= 4 is 11.4 Å². The Morgan fingerprint density at radius 2 is 1.29 bits per heavy atom. The van der Waals surface area contributed by atoms with E-state index in [-0.39, 0.29) is 11.6 Å². The Kier molecular flexibility index (Phi) is 3.28. The van der Waals surface area contributed by atoms with E-state index >= 15 is 0 Å². The second kappa shape index (κ2) is 4.87. The van der Waals surface area contributed by atoms with Crippen molar-refractivity contribution in [1.82, 2.24) is 0 Å². The molecule has 0 spiro atoms. The van der Waals surface area contributed by atoms with Crippen LogP contribution in [0.4, 0.5) is 14.5 Å². The van der Waals surface area contributed by atoms with Crippen LogP contribution in [-0.2, 0) is 0 Å². The van der Waals surface area contributed by atoms with Crippen LogP contribution in [0.5, 0.6) is 0 Å². The number of hydrogen-bond acceptors (Lipinski definition) is 1. The number of hydrogen-bond donors (Lipinski definition) is 0. The van der Waals surface area contributed by atoms with Gasteiger partial charge in [-0.15, -0.1) is 0 Å². The quantitative estimate of drug-likeness (QED) is 0.690. The Morgan fingerprint density at radius 1 is 0.824 bits per heavy atom. The SMILES string of the molecule is CC(=Nc1ccc(F)cc1)c1ccc(F)cc1. The van der Waals surface area contributed by atoms with Gasteiger partial charge in [0.2, 0.25) is 0 Å². The summed E-state index contributed by atoms with van der Waals surface area (Å²) in [6, 6.07) is 12.0. The van der Waals surface area contributed by atoms with Crippen LogP contribution in [0.2, 0.25) is 0 Å². The predicted molar refractivity (Wildman–Crippen MR) is 64.7 cm³/mol. The lowest BCUT2D eigenvalue weighted by atomic mass is 10.1. The van der Waals surface area contributed by atoms with E-state index in [0.29, 0.717) is 5.69 Å². The third kappa shape index (κ3) is 2.97. The summed E-state index contributed by atoms with van der Waals surface area (Å²) in [7, 11) is 0. The van der Waals surface area contributed by atoms with Crippen molar-refractivity contribution in [3.05, 3.63) is 65.7 Å². The predicted octanol–water partition coefficient (Wildman–Crippen LogP) is 4.11. The van der Waals surface area contributed by atoms with E-state index in [4.69, 9.17) is 0 Å². The minimum atomic E-state index is -0.289. The second-order valence-electron chi connectivity index (χ2n) is 3.68. The van der Waals surface area contributed by atoms with Gasteiger partial charge in [-0.1, -0.05) is 12.1 Å². The van der Waals surface area contributed by atoms with Crippen LogP contribution in [0, 0.1) is 11.6 Å². The zero-order valence-electron chi connectivity index (χ0n) is 9.32. The highest BCUT2D eigenvalue weighted by Gasteiger charge is 1.98. The summed E-state index contributed by atoms with van der Waals surface area (Å²) in [5, 5.41) is 0. The molecule has 0 N–H and O–H groups in total. The molecule has 0 aromatic heterocycles. The summed E-state index contributed by atoms with van der Waals surface area (Å²) in [5.41, 5.74) is 2.28. The van der Waals surface area contributed by atoms with E-state index in [1.165, 1.54) is 24.3 Å². The molecule has 0 atom stereocenters. The van der Waals surface area contributed by atoms with E-state index < -0.39 is 0 Å². The van der Waals surface area contributed by atoms with Crippen LogP contribution < -0.4 is 0 Å². The van der Waals surface area contributed by atoms with Gasteiger partial charge >= 0.3 is 0 Å². The summed E-state index contributed by atoms with van der Waals surface area (Å²) in [6.07, 6.45) is 0. The zero-order valence-corrected chi connectivity index (χ0v) is 9.32. The van der Waals surface area contributed by atoms with Crippen molar-refractivity contribution < 1.29 is 8.78 Å². The molecule has 0 heterocycles. The maximum absolute atomic E-state index is 12.7. The van der Waals surface area contributed by atoms with Crippen LogP contribution >= 0.6 is 0 Å². The second-order valence-corrected chi connectivity index (χ2v) is 3.68. The van der Waals surface area contributed by atoms with E-state index in [2.05, 4.69) is 4.99 Å². The van der Waals surface area contributed by atoms with Gasteiger partial charge < -0.3 is 0 Å². The molecule has 0 radical (unpaired) electrons. The lowest BCUT2D eigenvalue weighted by Crippen LogP contribution is -1.93. The Balaban J connectivity index is 2.27. The molecule has 0 aliphatic carbocycles. The summed E-state index contributed by atoms with van der Waals surface area (Å²) >= 11 is 0. The highest BCUT2D eigenvalue weighted by Crippen LogP contribution is 2.14. The lowest BCUT2D eigenvalue weighted by Gasteiger charge is -2.01. The smallest absolute Gasteiger partial charge is 0.123 e. The van der Waals surface area contributed by atoms with Crippen LogP contribution in [-0.4, -0.2) is 5.71 Å². The fourth-order valence-electron chi connectivity index (χ4n) is 1.46. The molecule has 0 bridgehead atoms. The minimum absolute atomic E-state index is 0.275. The largest absolute Gasteiger partial charge is 0.253 e. The maximum atomic E-state index is 12.7. The molecule has 1 nitrogen and oxygen atoms in total. The van der Waals surface area contributed by atoms with Gasteiger partial charge in [0.1, 0.15) is 11.6 Å². The van der Waals surface area contributed by atoms with Gasteiger partial charge in [-0.2, -0.15) is 0 Å². The first kappa shape index (κ1) is 11.5. The Bertz CT molecular complexity index is 527. The van der Waals surface area contributed by atoms with E-state index in [9.17, 15) is 8.78 Å². The molecule has 2 rings (SSSR count). The topological polar surface area (TPSA) is 12.4 Å². The van der Waals surface area contributed by atoms with Crippen molar-refractivity contribution in [1.29, 1.82) is 0 Å². The lowest BCUT2D eigenvalue weighted by molar-refractivity contribution is 0.627. The van der Waals surface area contributed by atoms with Gasteiger partial charge in [0.25, 0.3) is 0 Å². The molecular formula is C14H11F2N. The summed E-state index contributed by atoms with van der Waals surface area (Å²) in [6.45, 7) is 1.83. The molecule has 86 valence electrons. The van der Waals surface area contributed by atoms with E-state index in [1.54, 1.807) is 24.3 Å². The summed E-state index contributed by atoms with van der Waals surface area (Å²) in [4.78, 5) is 4.33. The first-order valence-electron chi connectivity index (χ1n) is 5.22. The Labute approximate surface area is 98.4 Å². The maximum Gasteiger partial charge on any atom is 0.123 e. The molecular weight excluding hydrogens is 220 g/mol. The van der Waals surface area contributed by atoms with Crippen LogP contribution in [0.25, 0.3) is 0 Å². The standard InChI is InChI=1S/C14H11F2N/c1-10(11-2-4-12(15)5-3-11)17-14-8-6-13(16)7-9-14/h2-9H,1H3. The van der Waals surface area contributed by atoms with Crippen molar-refractivity contribution in [2.24, 2.45) is 4.99 Å². The van der Waals surface area contributed by atoms with E-state index in [1.807, 2.05) is 6.92 Å². The van der Waals surface area contributed by atoms with Gasteiger partial charge in [0.05, 0.1) is 5.69 Å². The fraction of sp³-hybridized carbons (Fsp3) is 0.0714. The molecule has 0 amide bonds. The van der Waals surface area contributed by atoms with Crippen molar-refractivity contribution in [3.63, 3.8) is 0 Å². The number of benzene rings is 2. The molecule has 2 aromatic rings. The summed E-state index contributed by atoms with van der Waals surface area (Å²) < 4.78 is 25.4. The van der Waals surface area contributed by atoms with Crippen molar-refractivity contribution in [3.8, 4) is 0 Å².